The fraction of sp³-hybridized carbons (Fsp3) is 0.579. The highest BCUT2D eigenvalue weighted by Crippen LogP contribution is 2.22. The molecule has 5 nitrogen and oxygen atoms in total. The van der Waals surface area contributed by atoms with Gasteiger partial charge in [-0.05, 0) is 62.3 Å². The van der Waals surface area contributed by atoms with Crippen LogP contribution in [0.4, 0.5) is 8.78 Å². The van der Waals surface area contributed by atoms with Crippen LogP contribution in [0.5, 0.6) is 0 Å². The molecule has 1 aromatic carbocycles. The van der Waals surface area contributed by atoms with Crippen molar-refractivity contribution in [3.63, 3.8) is 0 Å². The van der Waals surface area contributed by atoms with Crippen molar-refractivity contribution in [2.75, 3.05) is 32.7 Å². The molecule has 0 aliphatic carbocycles. The van der Waals surface area contributed by atoms with E-state index in [0.717, 1.165) is 51.5 Å². The zero-order chi connectivity index (χ0) is 18.9. The number of amides is 1. The Bertz CT molecular complexity index is 586. The average molecular weight is 368 g/mol. The van der Waals surface area contributed by atoms with Crippen LogP contribution in [-0.4, -0.2) is 60.0 Å². The van der Waals surface area contributed by atoms with Gasteiger partial charge in [-0.3, -0.25) is 14.5 Å². The van der Waals surface area contributed by atoms with Gasteiger partial charge in [-0.1, -0.05) is 0 Å². The lowest BCUT2D eigenvalue weighted by Gasteiger charge is -2.28. The molecule has 0 radical (unpaired) electrons. The van der Waals surface area contributed by atoms with Gasteiger partial charge in [-0.2, -0.15) is 0 Å². The highest BCUT2D eigenvalue weighted by atomic mass is 19.1. The van der Waals surface area contributed by atoms with Gasteiger partial charge < -0.3 is 10.0 Å². The van der Waals surface area contributed by atoms with Gasteiger partial charge in [0, 0.05) is 25.7 Å². The third kappa shape index (κ3) is 6.37. The van der Waals surface area contributed by atoms with Crippen LogP contribution < -0.4 is 0 Å². The molecular weight excluding hydrogens is 342 g/mol. The average Bonchev–Trinajstić information content (AvgIpc) is 3.02. The van der Waals surface area contributed by atoms with Gasteiger partial charge in [0.1, 0.15) is 11.6 Å². The minimum Gasteiger partial charge on any atom is -0.483 e. The number of piperidine rings is 1. The fourth-order valence-corrected chi connectivity index (χ4v) is 3.72. The minimum absolute atomic E-state index is 0.224. The van der Waals surface area contributed by atoms with E-state index in [9.17, 15) is 13.6 Å². The van der Waals surface area contributed by atoms with Crippen LogP contribution in [0.3, 0.4) is 0 Å². The van der Waals surface area contributed by atoms with E-state index in [1.807, 2.05) is 4.90 Å². The number of halogens is 2. The van der Waals surface area contributed by atoms with Crippen LogP contribution in [-0.2, 0) is 16.0 Å². The molecule has 0 bridgehead atoms. The highest BCUT2D eigenvalue weighted by Gasteiger charge is 2.26. The molecule has 26 heavy (non-hydrogen) atoms. The quantitative estimate of drug-likeness (QED) is 0.830. The number of hydrogen-bond acceptors (Lipinski definition) is 3. The summed E-state index contributed by atoms with van der Waals surface area (Å²) in [6.07, 6.45) is 5.09. The highest BCUT2D eigenvalue weighted by molar-refractivity contribution is 5.78. The monoisotopic (exact) mass is 368 g/mol. The second-order valence-corrected chi connectivity index (χ2v) is 6.92. The Balaban J connectivity index is 0.000000758. The van der Waals surface area contributed by atoms with Crippen molar-refractivity contribution < 1.29 is 23.5 Å². The van der Waals surface area contributed by atoms with Gasteiger partial charge in [0.15, 0.2) is 0 Å². The van der Waals surface area contributed by atoms with Gasteiger partial charge >= 0.3 is 0 Å². The zero-order valence-electron chi connectivity index (χ0n) is 14.9. The number of hydrogen-bond donors (Lipinski definition) is 1. The van der Waals surface area contributed by atoms with Crippen molar-refractivity contribution in [1.82, 2.24) is 9.80 Å². The number of rotatable bonds is 4. The van der Waals surface area contributed by atoms with Crippen LogP contribution in [0.2, 0.25) is 0 Å². The standard InChI is InChI=1S/C18H24F2N2O.CH2O2/c19-16-9-15(10-17(20)11-16)8-14-4-7-21(12-14)13-18(23)22-5-2-1-3-6-22;2-1-3/h9-11,14H,1-8,12-13H2;1H,(H,2,3). The third-order valence-corrected chi connectivity index (χ3v) is 4.88. The largest absolute Gasteiger partial charge is 0.483 e. The van der Waals surface area contributed by atoms with Crippen molar-refractivity contribution in [2.45, 2.75) is 32.1 Å². The summed E-state index contributed by atoms with van der Waals surface area (Å²) in [7, 11) is 0. The topological polar surface area (TPSA) is 60.9 Å². The first kappa shape index (κ1) is 20.3. The van der Waals surface area contributed by atoms with Crippen LogP contribution in [0, 0.1) is 17.6 Å². The van der Waals surface area contributed by atoms with Gasteiger partial charge in [-0.15, -0.1) is 0 Å². The summed E-state index contributed by atoms with van der Waals surface area (Å²) >= 11 is 0. The van der Waals surface area contributed by atoms with Crippen LogP contribution >= 0.6 is 0 Å². The molecule has 1 atom stereocenters. The van der Waals surface area contributed by atoms with Crippen LogP contribution in [0.25, 0.3) is 0 Å². The van der Waals surface area contributed by atoms with E-state index in [1.54, 1.807) is 0 Å². The molecule has 1 amide bonds. The number of benzene rings is 1. The van der Waals surface area contributed by atoms with Crippen molar-refractivity contribution in [2.24, 2.45) is 5.92 Å². The van der Waals surface area contributed by atoms with E-state index >= 15 is 0 Å². The fourth-order valence-electron chi connectivity index (χ4n) is 3.72. The van der Waals surface area contributed by atoms with Gasteiger partial charge in [0.25, 0.3) is 6.47 Å². The van der Waals surface area contributed by atoms with Gasteiger partial charge in [-0.25, -0.2) is 8.78 Å². The molecule has 2 aliphatic heterocycles. The lowest BCUT2D eigenvalue weighted by Crippen LogP contribution is -2.42. The molecular formula is C19H26F2N2O3. The van der Waals surface area contributed by atoms with E-state index in [0.29, 0.717) is 24.4 Å². The molecule has 2 saturated heterocycles. The van der Waals surface area contributed by atoms with Crippen molar-refractivity contribution in [3.8, 4) is 0 Å². The Kier molecular flexibility index (Phi) is 7.97. The molecule has 1 unspecified atom stereocenters. The van der Waals surface area contributed by atoms with Crippen LogP contribution in [0.15, 0.2) is 18.2 Å². The predicted molar refractivity (Wildman–Crippen MR) is 93.7 cm³/mol. The SMILES string of the molecule is O=C(CN1CCC(Cc2cc(F)cc(F)c2)C1)N1CCCCC1.O=CO. The first-order chi connectivity index (χ1) is 12.5. The predicted octanol–water partition coefficient (Wildman–Crippen LogP) is 2.54. The molecule has 2 aliphatic rings. The molecule has 2 heterocycles. The summed E-state index contributed by atoms with van der Waals surface area (Å²) in [5.74, 6) is -0.447. The normalized spacial score (nSPS) is 20.4. The summed E-state index contributed by atoms with van der Waals surface area (Å²) in [6.45, 7) is 3.73. The van der Waals surface area contributed by atoms with E-state index in [2.05, 4.69) is 4.90 Å². The third-order valence-electron chi connectivity index (χ3n) is 4.88. The molecule has 0 spiro atoms. The Labute approximate surface area is 152 Å². The van der Waals surface area contributed by atoms with E-state index in [1.165, 1.54) is 18.6 Å². The Hall–Kier alpha value is -2.02. The number of carbonyl (C=O) groups is 2. The smallest absolute Gasteiger partial charge is 0.290 e. The molecule has 3 rings (SSSR count). The minimum atomic E-state index is -0.518. The molecule has 1 N–H and O–H groups in total. The Morgan fingerprint density at radius 2 is 1.73 bits per heavy atom. The molecule has 1 aromatic rings. The molecule has 2 fully saturated rings. The van der Waals surface area contributed by atoms with E-state index < -0.39 is 11.6 Å². The molecule has 0 aromatic heterocycles. The number of carbonyl (C=O) groups excluding carboxylic acids is 1. The molecule has 7 heteroatoms. The maximum Gasteiger partial charge on any atom is 0.290 e. The van der Waals surface area contributed by atoms with E-state index in [-0.39, 0.29) is 12.4 Å². The lowest BCUT2D eigenvalue weighted by molar-refractivity contribution is -0.133. The van der Waals surface area contributed by atoms with Crippen molar-refractivity contribution in [1.29, 1.82) is 0 Å². The van der Waals surface area contributed by atoms with Crippen molar-refractivity contribution >= 4 is 12.4 Å². The van der Waals surface area contributed by atoms with E-state index in [4.69, 9.17) is 9.90 Å². The number of likely N-dealkylation sites (tertiary alicyclic amines) is 2. The maximum absolute atomic E-state index is 13.3. The molecule has 0 saturated carbocycles. The summed E-state index contributed by atoms with van der Waals surface area (Å²) in [4.78, 5) is 24.8. The van der Waals surface area contributed by atoms with Crippen LogP contribution in [0.1, 0.15) is 31.2 Å². The van der Waals surface area contributed by atoms with Gasteiger partial charge in [0.2, 0.25) is 5.91 Å². The van der Waals surface area contributed by atoms with Crippen molar-refractivity contribution in [3.05, 3.63) is 35.4 Å². The second kappa shape index (κ2) is 10.2. The Morgan fingerprint density at radius 3 is 2.35 bits per heavy atom. The maximum atomic E-state index is 13.3. The number of carboxylic acid groups (broad SMARTS) is 1. The van der Waals surface area contributed by atoms with Gasteiger partial charge in [0.05, 0.1) is 6.54 Å². The first-order valence-electron chi connectivity index (χ1n) is 9.04. The Morgan fingerprint density at radius 1 is 1.12 bits per heavy atom. The second-order valence-electron chi connectivity index (χ2n) is 6.92. The summed E-state index contributed by atoms with van der Waals surface area (Å²) < 4.78 is 26.5. The summed E-state index contributed by atoms with van der Waals surface area (Å²) in [5, 5.41) is 6.89. The first-order valence-corrected chi connectivity index (χ1v) is 9.04. The summed E-state index contributed by atoms with van der Waals surface area (Å²) in [5.41, 5.74) is 0.705. The zero-order valence-corrected chi connectivity index (χ0v) is 14.9. The number of nitrogens with zero attached hydrogens (tertiary/aromatic N) is 2. The lowest BCUT2D eigenvalue weighted by atomic mass is 9.98. The molecule has 144 valence electrons. The summed E-state index contributed by atoms with van der Waals surface area (Å²) in [6, 6.07) is 3.72.